The minimum atomic E-state index is -0.0374. The van der Waals surface area contributed by atoms with Crippen molar-refractivity contribution in [2.45, 2.75) is 125 Å². The van der Waals surface area contributed by atoms with Crippen LogP contribution in [-0.2, 0) is 0 Å². The molecule has 0 aliphatic heterocycles. The van der Waals surface area contributed by atoms with E-state index in [0.29, 0.717) is 10.8 Å². The van der Waals surface area contributed by atoms with Crippen LogP contribution in [0.2, 0.25) is 0 Å². The molecular weight excluding hydrogens is 364 g/mol. The summed E-state index contributed by atoms with van der Waals surface area (Å²) in [6, 6.07) is 0. The predicted octanol–water partition coefficient (Wildman–Crippen LogP) is 8.23. The van der Waals surface area contributed by atoms with Crippen LogP contribution >= 0.6 is 0 Å². The van der Waals surface area contributed by atoms with E-state index < -0.39 is 0 Å². The summed E-state index contributed by atoms with van der Waals surface area (Å²) in [7, 11) is 0. The van der Waals surface area contributed by atoms with Gasteiger partial charge in [0.05, 0.1) is 6.10 Å². The molecule has 1 nitrogen and oxygen atoms in total. The van der Waals surface area contributed by atoms with E-state index in [9.17, 15) is 5.11 Å². The fourth-order valence-electron chi connectivity index (χ4n) is 8.57. The van der Waals surface area contributed by atoms with Crippen LogP contribution in [0, 0.1) is 34.5 Å². The molecule has 1 N–H and O–H groups in total. The van der Waals surface area contributed by atoms with E-state index in [2.05, 4.69) is 41.5 Å². The summed E-state index contributed by atoms with van der Waals surface area (Å²) in [5.41, 5.74) is 7.96. The molecule has 7 atom stereocenters. The average molecular weight is 413 g/mol. The van der Waals surface area contributed by atoms with E-state index in [0.717, 1.165) is 36.5 Å². The van der Waals surface area contributed by atoms with Crippen molar-refractivity contribution in [2.24, 2.45) is 34.5 Å². The van der Waals surface area contributed by atoms with Crippen LogP contribution in [0.25, 0.3) is 0 Å². The number of aliphatic hydroxyl groups excluding tert-OH is 1. The summed E-state index contributed by atoms with van der Waals surface area (Å²) >= 11 is 0. The standard InChI is InChI=1S/C29H48O/c1-7-19(2)20(3)8-9-21(4)25-12-13-26-24-11-10-22-18-23(30)14-16-28(22,5)27(24)15-17-29(25,26)6/h21-23,25-26,30H,7-18H2,1-6H3/t21-,22?,23+,25-,26+,28+,29-/m1/s1. The van der Waals surface area contributed by atoms with Gasteiger partial charge in [0, 0.05) is 0 Å². The van der Waals surface area contributed by atoms with Crippen LogP contribution in [0.15, 0.2) is 22.3 Å². The smallest absolute Gasteiger partial charge is 0.0543 e. The largest absolute Gasteiger partial charge is 0.393 e. The first kappa shape index (κ1) is 22.6. The van der Waals surface area contributed by atoms with Crippen molar-refractivity contribution in [3.8, 4) is 0 Å². The molecule has 1 heteroatoms. The number of allylic oxidation sites excluding steroid dienone is 4. The lowest BCUT2D eigenvalue weighted by atomic mass is 9.50. The van der Waals surface area contributed by atoms with Crippen LogP contribution in [0.4, 0.5) is 0 Å². The molecular formula is C29H48O. The second kappa shape index (κ2) is 8.42. The van der Waals surface area contributed by atoms with Crippen molar-refractivity contribution < 1.29 is 5.11 Å². The molecule has 1 unspecified atom stereocenters. The molecule has 0 spiro atoms. The minimum absolute atomic E-state index is 0.0374. The van der Waals surface area contributed by atoms with E-state index >= 15 is 0 Å². The molecule has 0 aromatic heterocycles. The molecule has 4 aliphatic carbocycles. The quantitative estimate of drug-likeness (QED) is 0.451. The highest BCUT2D eigenvalue weighted by Gasteiger charge is 2.55. The number of aliphatic hydroxyl groups is 1. The lowest BCUT2D eigenvalue weighted by molar-refractivity contribution is 0.0133. The van der Waals surface area contributed by atoms with Crippen LogP contribution in [0.1, 0.15) is 119 Å². The van der Waals surface area contributed by atoms with Gasteiger partial charge in [0.1, 0.15) is 0 Å². The molecule has 30 heavy (non-hydrogen) atoms. The SMILES string of the molecule is CCC(C)=C(C)CC[C@@H](C)[C@H]1CC[C@H]2C3=C(CC[C@]12C)[C@@]1(C)CC[C@H](O)CC1CC3. The highest BCUT2D eigenvalue weighted by molar-refractivity contribution is 5.34. The summed E-state index contributed by atoms with van der Waals surface area (Å²) in [6.45, 7) is 14.8. The summed E-state index contributed by atoms with van der Waals surface area (Å²) in [4.78, 5) is 0. The molecule has 0 aromatic carbocycles. The van der Waals surface area contributed by atoms with Gasteiger partial charge in [-0.05, 0) is 125 Å². The molecule has 0 radical (unpaired) electrons. The Morgan fingerprint density at radius 1 is 1.03 bits per heavy atom. The molecule has 2 fully saturated rings. The van der Waals surface area contributed by atoms with Gasteiger partial charge in [-0.15, -0.1) is 0 Å². The van der Waals surface area contributed by atoms with Crippen molar-refractivity contribution in [1.29, 1.82) is 0 Å². The fourth-order valence-corrected chi connectivity index (χ4v) is 8.57. The number of fused-ring (bicyclic) bond motifs is 4. The third-order valence-electron chi connectivity index (χ3n) is 11.0. The Balaban J connectivity index is 1.52. The number of rotatable bonds is 5. The van der Waals surface area contributed by atoms with Crippen LogP contribution in [0.5, 0.6) is 0 Å². The molecule has 4 aliphatic rings. The van der Waals surface area contributed by atoms with Gasteiger partial charge in [0.25, 0.3) is 0 Å². The van der Waals surface area contributed by atoms with Gasteiger partial charge in [-0.1, -0.05) is 50.0 Å². The van der Waals surface area contributed by atoms with Crippen LogP contribution < -0.4 is 0 Å². The zero-order valence-corrected chi connectivity index (χ0v) is 20.8. The van der Waals surface area contributed by atoms with Crippen molar-refractivity contribution in [3.05, 3.63) is 22.3 Å². The van der Waals surface area contributed by atoms with Gasteiger partial charge in [-0.25, -0.2) is 0 Å². The molecule has 0 bridgehead atoms. The van der Waals surface area contributed by atoms with Crippen LogP contribution in [-0.4, -0.2) is 11.2 Å². The highest BCUT2D eigenvalue weighted by atomic mass is 16.3. The first-order valence-electron chi connectivity index (χ1n) is 13.3. The van der Waals surface area contributed by atoms with E-state index in [-0.39, 0.29) is 6.10 Å². The lowest BCUT2D eigenvalue weighted by Crippen LogP contribution is -2.45. The van der Waals surface area contributed by atoms with Gasteiger partial charge in [0.15, 0.2) is 0 Å². The molecule has 170 valence electrons. The first-order chi connectivity index (χ1) is 14.2. The van der Waals surface area contributed by atoms with Gasteiger partial charge in [0.2, 0.25) is 0 Å². The van der Waals surface area contributed by atoms with Crippen molar-refractivity contribution in [1.82, 2.24) is 0 Å². The maximum atomic E-state index is 10.3. The predicted molar refractivity (Wildman–Crippen MR) is 128 cm³/mol. The van der Waals surface area contributed by atoms with E-state index in [1.165, 1.54) is 64.2 Å². The Bertz CT molecular complexity index is 714. The summed E-state index contributed by atoms with van der Waals surface area (Å²) < 4.78 is 0. The molecule has 4 rings (SSSR count). The van der Waals surface area contributed by atoms with Gasteiger partial charge in [-0.3, -0.25) is 0 Å². The molecule has 0 aromatic rings. The topological polar surface area (TPSA) is 20.2 Å². The van der Waals surface area contributed by atoms with Gasteiger partial charge >= 0.3 is 0 Å². The lowest BCUT2D eigenvalue weighted by Gasteiger charge is -2.55. The van der Waals surface area contributed by atoms with Crippen molar-refractivity contribution >= 4 is 0 Å². The third-order valence-corrected chi connectivity index (χ3v) is 11.0. The minimum Gasteiger partial charge on any atom is -0.393 e. The van der Waals surface area contributed by atoms with E-state index in [1.54, 1.807) is 11.1 Å². The Morgan fingerprint density at radius 3 is 2.53 bits per heavy atom. The highest BCUT2D eigenvalue weighted by Crippen LogP contribution is 2.66. The second-order valence-electron chi connectivity index (χ2n) is 12.3. The maximum Gasteiger partial charge on any atom is 0.0543 e. The van der Waals surface area contributed by atoms with Crippen molar-refractivity contribution in [2.75, 3.05) is 0 Å². The summed E-state index contributed by atoms with van der Waals surface area (Å²) in [5, 5.41) is 10.3. The zero-order valence-electron chi connectivity index (χ0n) is 20.8. The van der Waals surface area contributed by atoms with E-state index in [4.69, 9.17) is 0 Å². The first-order valence-corrected chi connectivity index (χ1v) is 13.3. The normalized spacial score (nSPS) is 42.9. The van der Waals surface area contributed by atoms with Crippen molar-refractivity contribution in [3.63, 3.8) is 0 Å². The Labute approximate surface area is 186 Å². The molecule has 2 saturated carbocycles. The zero-order chi connectivity index (χ0) is 21.7. The summed E-state index contributed by atoms with van der Waals surface area (Å²) in [5.74, 6) is 3.34. The summed E-state index contributed by atoms with van der Waals surface area (Å²) in [6.07, 6.45) is 15.5. The maximum absolute atomic E-state index is 10.3. The Hall–Kier alpha value is -0.560. The number of hydrogen-bond acceptors (Lipinski definition) is 1. The fraction of sp³-hybridized carbons (Fsp3) is 0.862. The van der Waals surface area contributed by atoms with Gasteiger partial charge in [-0.2, -0.15) is 0 Å². The average Bonchev–Trinajstić information content (AvgIpc) is 3.09. The molecule has 0 amide bonds. The Kier molecular flexibility index (Phi) is 6.35. The molecule has 0 saturated heterocycles. The monoisotopic (exact) mass is 412 g/mol. The Morgan fingerprint density at radius 2 is 1.80 bits per heavy atom. The van der Waals surface area contributed by atoms with Crippen LogP contribution in [0.3, 0.4) is 0 Å². The second-order valence-corrected chi connectivity index (χ2v) is 12.3. The molecule has 0 heterocycles. The number of hydrogen-bond donors (Lipinski definition) is 1. The van der Waals surface area contributed by atoms with E-state index in [1.807, 2.05) is 11.1 Å². The van der Waals surface area contributed by atoms with Gasteiger partial charge < -0.3 is 5.11 Å². The third kappa shape index (κ3) is 3.66.